The molecule has 0 fully saturated rings. The topological polar surface area (TPSA) is 12.0 Å². The van der Waals surface area contributed by atoms with E-state index < -0.39 is 0 Å². The summed E-state index contributed by atoms with van der Waals surface area (Å²) in [6, 6.07) is 6.56. The highest BCUT2D eigenvalue weighted by Gasteiger charge is 2.10. The molecule has 1 aromatic carbocycles. The Balaban J connectivity index is 2.54. The van der Waals surface area contributed by atoms with Crippen molar-refractivity contribution in [1.29, 1.82) is 0 Å². The highest BCUT2D eigenvalue weighted by Crippen LogP contribution is 2.25. The summed E-state index contributed by atoms with van der Waals surface area (Å²) in [4.78, 5) is 0. The molecule has 0 bridgehead atoms. The Labute approximate surface area is 79.5 Å². The van der Waals surface area contributed by atoms with Crippen molar-refractivity contribution in [2.45, 2.75) is 26.3 Å². The van der Waals surface area contributed by atoms with Gasteiger partial charge in [0.25, 0.3) is 0 Å². The van der Waals surface area contributed by atoms with Crippen LogP contribution in [0.2, 0.25) is 0 Å². The third-order valence-electron chi connectivity index (χ3n) is 2.51. The molecule has 68 valence electrons. The molecule has 1 nitrogen and oxygen atoms in total. The number of hydrogen-bond donors (Lipinski definition) is 1. The van der Waals surface area contributed by atoms with Gasteiger partial charge in [-0.2, -0.15) is 0 Å². The molecule has 0 saturated heterocycles. The first-order chi connectivity index (χ1) is 6.29. The number of benzene rings is 1. The largest absolute Gasteiger partial charge is 0.387 e. The minimum Gasteiger partial charge on any atom is -0.387 e. The van der Waals surface area contributed by atoms with Crippen LogP contribution in [0.5, 0.6) is 0 Å². The summed E-state index contributed by atoms with van der Waals surface area (Å²) in [5, 5.41) is 3.23. The summed E-state index contributed by atoms with van der Waals surface area (Å²) < 4.78 is 0. The molecule has 13 heavy (non-hydrogen) atoms. The molecule has 0 aromatic heterocycles. The first-order valence-electron chi connectivity index (χ1n) is 4.81. The monoisotopic (exact) mass is 173 g/mol. The summed E-state index contributed by atoms with van der Waals surface area (Å²) >= 11 is 0. The number of hydrogen-bond acceptors (Lipinski definition) is 1. The van der Waals surface area contributed by atoms with E-state index in [-0.39, 0.29) is 0 Å². The lowest BCUT2D eigenvalue weighted by atomic mass is 9.92. The number of fused-ring (bicyclic) bond motifs is 1. The van der Waals surface area contributed by atoms with Crippen molar-refractivity contribution >= 4 is 6.08 Å². The zero-order chi connectivity index (χ0) is 9.26. The van der Waals surface area contributed by atoms with Gasteiger partial charge >= 0.3 is 0 Å². The minimum atomic E-state index is 0.609. The van der Waals surface area contributed by atoms with Crippen LogP contribution in [0.3, 0.4) is 0 Å². The van der Waals surface area contributed by atoms with Crippen molar-refractivity contribution in [2.24, 2.45) is 0 Å². The summed E-state index contributed by atoms with van der Waals surface area (Å²) in [6.07, 6.45) is 4.21. The molecule has 1 heteroatoms. The van der Waals surface area contributed by atoms with Gasteiger partial charge < -0.3 is 5.32 Å². The van der Waals surface area contributed by atoms with E-state index in [0.717, 1.165) is 6.54 Å². The van der Waals surface area contributed by atoms with Crippen LogP contribution in [0.15, 0.2) is 24.4 Å². The fraction of sp³-hybridized carbons (Fsp3) is 0.333. The predicted molar refractivity (Wildman–Crippen MR) is 56.4 cm³/mol. The molecule has 1 aromatic rings. The maximum atomic E-state index is 3.23. The Kier molecular flexibility index (Phi) is 2.09. The second kappa shape index (κ2) is 3.25. The van der Waals surface area contributed by atoms with Gasteiger partial charge in [-0.05, 0) is 34.9 Å². The maximum Gasteiger partial charge on any atom is 0.0401 e. The molecule has 1 N–H and O–H groups in total. The van der Waals surface area contributed by atoms with Crippen LogP contribution in [0.1, 0.15) is 36.5 Å². The van der Waals surface area contributed by atoms with Gasteiger partial charge in [0.05, 0.1) is 0 Å². The first kappa shape index (κ1) is 8.36. The lowest BCUT2D eigenvalue weighted by Crippen LogP contribution is -2.11. The Morgan fingerprint density at radius 1 is 1.31 bits per heavy atom. The van der Waals surface area contributed by atoms with E-state index >= 15 is 0 Å². The number of nitrogens with one attached hydrogen (secondary N) is 1. The summed E-state index contributed by atoms with van der Waals surface area (Å²) in [6.45, 7) is 5.45. The van der Waals surface area contributed by atoms with E-state index in [1.54, 1.807) is 0 Å². The smallest absolute Gasteiger partial charge is 0.0401 e. The third kappa shape index (κ3) is 1.46. The molecule has 1 aliphatic rings. The molecular formula is C12H15N. The molecule has 0 saturated carbocycles. The van der Waals surface area contributed by atoms with Gasteiger partial charge in [0.1, 0.15) is 0 Å². The van der Waals surface area contributed by atoms with Crippen molar-refractivity contribution in [3.05, 3.63) is 41.1 Å². The second-order valence-electron chi connectivity index (χ2n) is 3.79. The van der Waals surface area contributed by atoms with Gasteiger partial charge in [-0.25, -0.2) is 0 Å². The Bertz CT molecular complexity index is 337. The molecule has 0 aliphatic carbocycles. The summed E-state index contributed by atoms with van der Waals surface area (Å²) in [5.74, 6) is 0.609. The molecule has 0 spiro atoms. The van der Waals surface area contributed by atoms with Crippen molar-refractivity contribution in [3.8, 4) is 0 Å². The maximum absolute atomic E-state index is 3.23. The van der Waals surface area contributed by atoms with Crippen LogP contribution in [0, 0.1) is 0 Å². The number of rotatable bonds is 1. The highest BCUT2D eigenvalue weighted by atomic mass is 14.8. The van der Waals surface area contributed by atoms with Crippen LogP contribution in [-0.2, 0) is 6.54 Å². The first-order valence-corrected chi connectivity index (χ1v) is 4.81. The van der Waals surface area contributed by atoms with Gasteiger partial charge in [-0.3, -0.25) is 0 Å². The summed E-state index contributed by atoms with van der Waals surface area (Å²) in [5.41, 5.74) is 4.28. The molecule has 2 rings (SSSR count). The van der Waals surface area contributed by atoms with E-state index in [1.165, 1.54) is 16.7 Å². The molecule has 0 radical (unpaired) electrons. The van der Waals surface area contributed by atoms with E-state index in [1.807, 2.05) is 6.20 Å². The molecule has 0 amide bonds. The Morgan fingerprint density at radius 2 is 2.15 bits per heavy atom. The van der Waals surface area contributed by atoms with E-state index in [4.69, 9.17) is 0 Å². The van der Waals surface area contributed by atoms with Gasteiger partial charge in [0.15, 0.2) is 0 Å². The standard InChI is InChI=1S/C12H15N/c1-9(2)11-5-3-4-10-8-13-7-6-12(10)11/h3-7,9,13H,8H2,1-2H3. The van der Waals surface area contributed by atoms with Crippen LogP contribution in [-0.4, -0.2) is 0 Å². The van der Waals surface area contributed by atoms with Crippen LogP contribution in [0.25, 0.3) is 6.08 Å². The quantitative estimate of drug-likeness (QED) is 0.688. The molecule has 0 unspecified atom stereocenters. The van der Waals surface area contributed by atoms with Crippen molar-refractivity contribution in [1.82, 2.24) is 5.32 Å². The van der Waals surface area contributed by atoms with Crippen molar-refractivity contribution in [3.63, 3.8) is 0 Å². The van der Waals surface area contributed by atoms with E-state index in [2.05, 4.69) is 43.4 Å². The molecule has 0 atom stereocenters. The van der Waals surface area contributed by atoms with Gasteiger partial charge in [-0.1, -0.05) is 32.0 Å². The second-order valence-corrected chi connectivity index (χ2v) is 3.79. The van der Waals surface area contributed by atoms with Crippen molar-refractivity contribution < 1.29 is 0 Å². The molecule has 1 heterocycles. The zero-order valence-corrected chi connectivity index (χ0v) is 8.17. The van der Waals surface area contributed by atoms with Gasteiger partial charge in [0, 0.05) is 6.54 Å². The zero-order valence-electron chi connectivity index (χ0n) is 8.17. The Morgan fingerprint density at radius 3 is 2.92 bits per heavy atom. The van der Waals surface area contributed by atoms with Gasteiger partial charge in [0.2, 0.25) is 0 Å². The average molecular weight is 173 g/mol. The van der Waals surface area contributed by atoms with Gasteiger partial charge in [-0.15, -0.1) is 0 Å². The molecule has 1 aliphatic heterocycles. The van der Waals surface area contributed by atoms with E-state index in [0.29, 0.717) is 5.92 Å². The molecular weight excluding hydrogens is 158 g/mol. The summed E-state index contributed by atoms with van der Waals surface area (Å²) in [7, 11) is 0. The Hall–Kier alpha value is -1.24. The fourth-order valence-electron chi connectivity index (χ4n) is 1.80. The fourth-order valence-corrected chi connectivity index (χ4v) is 1.80. The minimum absolute atomic E-state index is 0.609. The average Bonchev–Trinajstić information content (AvgIpc) is 2.17. The lowest BCUT2D eigenvalue weighted by molar-refractivity contribution is 0.825. The SMILES string of the molecule is CC(C)c1cccc2c1C=CNC2. The highest BCUT2D eigenvalue weighted by molar-refractivity contribution is 5.60. The van der Waals surface area contributed by atoms with Crippen LogP contribution < -0.4 is 5.32 Å². The normalized spacial score (nSPS) is 14.1. The van der Waals surface area contributed by atoms with Crippen LogP contribution >= 0.6 is 0 Å². The van der Waals surface area contributed by atoms with E-state index in [9.17, 15) is 0 Å². The van der Waals surface area contributed by atoms with Crippen LogP contribution in [0.4, 0.5) is 0 Å². The predicted octanol–water partition coefficient (Wildman–Crippen LogP) is 2.88. The third-order valence-corrected chi connectivity index (χ3v) is 2.51. The lowest BCUT2D eigenvalue weighted by Gasteiger charge is -2.17. The van der Waals surface area contributed by atoms with Crippen molar-refractivity contribution in [2.75, 3.05) is 0 Å².